The molecule has 0 amide bonds. The Bertz CT molecular complexity index is 14.8. The second-order valence-corrected chi connectivity index (χ2v) is 0. The van der Waals surface area contributed by atoms with E-state index in [1.54, 1.807) is 0 Å². The molecule has 0 atom stereocenters. The van der Waals surface area contributed by atoms with Crippen molar-refractivity contribution in [1.82, 2.24) is 0 Å². The first-order chi connectivity index (χ1) is 3.00. The summed E-state index contributed by atoms with van der Waals surface area (Å²) in [6, 6.07) is 0. The summed E-state index contributed by atoms with van der Waals surface area (Å²) in [6.07, 6.45) is 0. The van der Waals surface area contributed by atoms with Gasteiger partial charge in [0, 0.05) is 0 Å². The van der Waals surface area contributed by atoms with E-state index in [2.05, 4.69) is 35.6 Å². The van der Waals surface area contributed by atoms with Crippen molar-refractivity contribution < 1.29 is 46.8 Å². The molecule has 90 valence electrons. The molecule has 0 rings (SSSR count). The summed E-state index contributed by atoms with van der Waals surface area (Å²) in [7, 11) is 0. The van der Waals surface area contributed by atoms with Crippen LogP contribution in [0, 0.1) is 0 Å². The maximum Gasteiger partial charge on any atom is 3.00 e. The van der Waals surface area contributed by atoms with Crippen molar-refractivity contribution >= 4 is 53.0 Å². The molecule has 0 spiro atoms. The largest absolute Gasteiger partial charge is 3.00 e. The fraction of sp³-hybridized carbons (Fsp3) is 0. The van der Waals surface area contributed by atoms with Gasteiger partial charge in [-0.15, -0.1) is 0 Å². The molecule has 0 radical (unpaired) electrons. The van der Waals surface area contributed by atoms with Crippen molar-refractivity contribution in [3.63, 3.8) is 0 Å². The first-order valence-corrected chi connectivity index (χ1v) is 1.39. The second-order valence-electron chi connectivity index (χ2n) is 0. The van der Waals surface area contributed by atoms with E-state index in [4.69, 9.17) is 14.0 Å². The summed E-state index contributed by atoms with van der Waals surface area (Å²) in [5.41, 5.74) is 0. The number of hydrogen-bond donors (Lipinski definition) is 0. The van der Waals surface area contributed by atoms with Crippen LogP contribution >= 0.6 is 35.6 Å². The van der Waals surface area contributed by atoms with Gasteiger partial charge in [0.1, 0.15) is 0 Å². The maximum atomic E-state index is 7.72. The van der Waals surface area contributed by atoms with Crippen LogP contribution in [0.1, 0.15) is 0 Å². The van der Waals surface area contributed by atoms with E-state index in [-0.39, 0.29) is 50.2 Å². The predicted octanol–water partition coefficient (Wildman–Crippen LogP) is -6.83. The first-order valence-electron chi connectivity index (χ1n) is 0.463. The molecule has 0 aromatic carbocycles. The molecule has 13 heavy (non-hydrogen) atoms. The van der Waals surface area contributed by atoms with Gasteiger partial charge in [0.25, 0.3) is 0 Å². The summed E-state index contributed by atoms with van der Waals surface area (Å²) in [6.45, 7) is 0. The Morgan fingerprint density at radius 3 is 0.385 bits per heavy atom. The average Bonchev–Trinajstić information content (AvgIpc) is 1.81. The maximum absolute atomic E-state index is 7.72. The van der Waals surface area contributed by atoms with E-state index < -0.39 is 0 Å². The molecule has 0 aliphatic heterocycles. The molecular weight excluding hydrogens is 277 g/mol. The van der Waals surface area contributed by atoms with Crippen LogP contribution in [0.4, 0.5) is 0 Å². The Morgan fingerprint density at radius 1 is 0.385 bits per heavy atom. The molecule has 12 N–H and O–H groups in total. The fourth-order valence-corrected chi connectivity index (χ4v) is 0. The number of rotatable bonds is 0. The van der Waals surface area contributed by atoms with Crippen LogP contribution in [0.3, 0.4) is 0 Å². The zero-order chi connectivity index (χ0) is 6.00. The summed E-state index contributed by atoms with van der Waals surface area (Å²) in [5.74, 6) is 0. The van der Waals surface area contributed by atoms with Gasteiger partial charge in [0.15, 0.2) is 0 Å². The van der Waals surface area contributed by atoms with Crippen LogP contribution in [-0.4, -0.2) is 50.2 Å². The molecule has 0 unspecified atom stereocenters. The van der Waals surface area contributed by atoms with Gasteiger partial charge >= 0.3 is 17.4 Å². The Labute approximate surface area is 100.0 Å². The third-order valence-corrected chi connectivity index (χ3v) is 0. The van der Waals surface area contributed by atoms with Gasteiger partial charge in [-0.2, -0.15) is 0 Å². The van der Waals surface area contributed by atoms with Crippen LogP contribution in [0.5, 0.6) is 0 Å². The Balaban J connectivity index is -0.00000000102. The zero-order valence-electron chi connectivity index (χ0n) is 5.94. The molecule has 0 bridgehead atoms. The molecule has 0 saturated heterocycles. The molecule has 0 heterocycles. The normalized spacial score (nSPS) is 1.38. The van der Waals surface area contributed by atoms with E-state index in [1.165, 1.54) is 0 Å². The Hall–Kier alpha value is 1.04. The molecule has 0 fully saturated rings. The van der Waals surface area contributed by atoms with E-state index in [1.807, 2.05) is 0 Å². The van der Waals surface area contributed by atoms with Gasteiger partial charge in [-0.3, -0.25) is 0 Å². The minimum atomic E-state index is 0. The van der Waals surface area contributed by atoms with Crippen molar-refractivity contribution in [3.8, 4) is 0 Å². The van der Waals surface area contributed by atoms with E-state index >= 15 is 0 Å². The molecule has 0 aliphatic rings. The molecular formula is H12AlCl3O9. The van der Waals surface area contributed by atoms with Crippen molar-refractivity contribution in [2.75, 3.05) is 0 Å². The smallest absolute Gasteiger partial charge is 0.769 e. The Kier molecular flexibility index (Phi) is 19600. The topological polar surface area (TPSA) is 258 Å². The van der Waals surface area contributed by atoms with Crippen LogP contribution in [0.15, 0.2) is 0 Å². The summed E-state index contributed by atoms with van der Waals surface area (Å²) in [4.78, 5) is 0. The molecule has 0 saturated carbocycles. The second kappa shape index (κ2) is 1740. The van der Waals surface area contributed by atoms with Gasteiger partial charge in [-0.05, 0) is 0 Å². The predicted molar refractivity (Wildman–Crippen MR) is 45.0 cm³/mol. The van der Waals surface area contributed by atoms with Gasteiger partial charge in [0.05, 0.1) is 0 Å². The van der Waals surface area contributed by atoms with Crippen molar-refractivity contribution in [1.29, 1.82) is 0 Å². The van der Waals surface area contributed by atoms with Crippen LogP contribution in [-0.2, 0) is 0 Å². The minimum Gasteiger partial charge on any atom is -0.769 e. The van der Waals surface area contributed by atoms with Gasteiger partial charge in [-0.1, -0.05) is 0 Å². The number of halogens is 3. The fourth-order valence-electron chi connectivity index (χ4n) is 0. The average molecular weight is 289 g/mol. The third-order valence-electron chi connectivity index (χ3n) is 0. The van der Waals surface area contributed by atoms with Gasteiger partial charge in [0.2, 0.25) is 0 Å². The van der Waals surface area contributed by atoms with E-state index in [0.29, 0.717) is 0 Å². The minimum absolute atomic E-state index is 0. The summed E-state index contributed by atoms with van der Waals surface area (Å²) < 4.78 is 23.2. The summed E-state index contributed by atoms with van der Waals surface area (Å²) in [5, 5.41) is 0. The van der Waals surface area contributed by atoms with Crippen molar-refractivity contribution in [2.24, 2.45) is 0 Å². The molecule has 9 nitrogen and oxygen atoms in total. The monoisotopic (exact) mass is 288 g/mol. The number of hydrogen-bond acceptors (Lipinski definition) is 3. The van der Waals surface area contributed by atoms with Gasteiger partial charge < -0.3 is 46.8 Å². The van der Waals surface area contributed by atoms with Crippen LogP contribution in [0.2, 0.25) is 0 Å². The zero-order valence-corrected chi connectivity index (χ0v) is 9.36. The molecule has 0 aliphatic carbocycles. The SMILES string of the molecule is O.O.O.O.O.O.[Al+3].[O-]Cl.[O-]Cl.[O-]Cl. The molecule has 13 heteroatoms. The van der Waals surface area contributed by atoms with Gasteiger partial charge in [-0.25, -0.2) is 35.6 Å². The van der Waals surface area contributed by atoms with Crippen molar-refractivity contribution in [3.05, 3.63) is 0 Å². The van der Waals surface area contributed by atoms with Crippen LogP contribution < -0.4 is 14.0 Å². The van der Waals surface area contributed by atoms with Crippen molar-refractivity contribution in [2.45, 2.75) is 0 Å². The Morgan fingerprint density at radius 2 is 0.385 bits per heavy atom. The molecule has 0 aromatic rings. The van der Waals surface area contributed by atoms with Crippen LogP contribution in [0.25, 0.3) is 0 Å². The van der Waals surface area contributed by atoms with E-state index in [9.17, 15) is 0 Å². The summed E-state index contributed by atoms with van der Waals surface area (Å²) >= 11 is 10.2. The van der Waals surface area contributed by atoms with E-state index in [0.717, 1.165) is 0 Å². The first kappa shape index (κ1) is 146. The third kappa shape index (κ3) is 1460. The standard InChI is InChI=1S/Al.3ClO.6H2O/c;3*1-2;;;;;;/h;;;;6*1H2/q+3;3*-1;;;;;;. The quantitative estimate of drug-likeness (QED) is 0.394. The molecule has 0 aromatic heterocycles.